The molecular formula is C66H49NO. The van der Waals surface area contributed by atoms with Crippen molar-refractivity contribution in [3.8, 4) is 66.8 Å². The Hall–Kier alpha value is -8.20. The van der Waals surface area contributed by atoms with Crippen LogP contribution in [0.15, 0.2) is 229 Å². The normalized spacial score (nSPS) is 13.8. The minimum Gasteiger partial charge on any atom is -0.456 e. The Morgan fingerprint density at radius 2 is 0.676 bits per heavy atom. The second-order valence-electron chi connectivity index (χ2n) is 19.7. The van der Waals surface area contributed by atoms with E-state index in [1.807, 2.05) is 12.1 Å². The number of hydrogen-bond donors (Lipinski definition) is 0. The van der Waals surface area contributed by atoms with E-state index >= 15 is 0 Å². The number of hydrogen-bond acceptors (Lipinski definition) is 2. The van der Waals surface area contributed by atoms with Crippen LogP contribution in [-0.2, 0) is 10.8 Å². The molecule has 13 rings (SSSR count). The number of rotatable bonds is 7. The van der Waals surface area contributed by atoms with Gasteiger partial charge in [-0.3, -0.25) is 0 Å². The van der Waals surface area contributed by atoms with Crippen LogP contribution in [0.4, 0.5) is 17.1 Å². The highest BCUT2D eigenvalue weighted by atomic mass is 16.3. The number of para-hydroxylation sites is 1. The van der Waals surface area contributed by atoms with Crippen LogP contribution in [0.1, 0.15) is 49.9 Å². The van der Waals surface area contributed by atoms with Gasteiger partial charge < -0.3 is 9.32 Å². The highest BCUT2D eigenvalue weighted by Gasteiger charge is 2.38. The zero-order valence-electron chi connectivity index (χ0n) is 38.7. The zero-order chi connectivity index (χ0) is 45.7. The van der Waals surface area contributed by atoms with Gasteiger partial charge in [0, 0.05) is 38.7 Å². The molecule has 2 heteroatoms. The third-order valence-corrected chi connectivity index (χ3v) is 15.1. The van der Waals surface area contributed by atoms with Gasteiger partial charge in [-0.2, -0.15) is 0 Å². The monoisotopic (exact) mass is 871 g/mol. The van der Waals surface area contributed by atoms with Gasteiger partial charge in [0.1, 0.15) is 11.2 Å². The Kier molecular flexibility index (Phi) is 8.95. The van der Waals surface area contributed by atoms with Gasteiger partial charge in [-0.25, -0.2) is 0 Å². The first-order valence-corrected chi connectivity index (χ1v) is 23.8. The predicted octanol–water partition coefficient (Wildman–Crippen LogP) is 18.3. The van der Waals surface area contributed by atoms with Gasteiger partial charge in [-0.05, 0) is 156 Å². The van der Waals surface area contributed by atoms with Gasteiger partial charge in [-0.15, -0.1) is 0 Å². The molecule has 0 bridgehead atoms. The summed E-state index contributed by atoms with van der Waals surface area (Å²) in [5.74, 6) is 0. The summed E-state index contributed by atoms with van der Waals surface area (Å²) in [5, 5.41) is 2.30. The van der Waals surface area contributed by atoms with E-state index in [1.54, 1.807) is 0 Å². The molecular weight excluding hydrogens is 823 g/mol. The largest absolute Gasteiger partial charge is 0.456 e. The molecule has 0 saturated carbocycles. The maximum absolute atomic E-state index is 6.33. The van der Waals surface area contributed by atoms with Gasteiger partial charge in [0.15, 0.2) is 0 Å². The fraction of sp³-hybridized carbons (Fsp3) is 0.0909. The van der Waals surface area contributed by atoms with Crippen molar-refractivity contribution in [1.82, 2.24) is 0 Å². The van der Waals surface area contributed by atoms with E-state index in [-0.39, 0.29) is 10.8 Å². The van der Waals surface area contributed by atoms with E-state index in [0.29, 0.717) is 0 Å². The van der Waals surface area contributed by atoms with Crippen molar-refractivity contribution in [2.24, 2.45) is 0 Å². The van der Waals surface area contributed by atoms with Gasteiger partial charge in [-0.1, -0.05) is 185 Å². The average molecular weight is 872 g/mol. The summed E-state index contributed by atoms with van der Waals surface area (Å²) in [5.41, 5.74) is 25.1. The van der Waals surface area contributed by atoms with Gasteiger partial charge in [0.25, 0.3) is 0 Å². The number of furan rings is 1. The summed E-state index contributed by atoms with van der Waals surface area (Å²) >= 11 is 0. The lowest BCUT2D eigenvalue weighted by Gasteiger charge is -2.30. The van der Waals surface area contributed by atoms with Crippen LogP contribution >= 0.6 is 0 Å². The smallest absolute Gasteiger partial charge is 0.136 e. The Bertz CT molecular complexity index is 3780. The highest BCUT2D eigenvalue weighted by Crippen LogP contribution is 2.54. The van der Waals surface area contributed by atoms with Crippen molar-refractivity contribution in [2.45, 2.75) is 38.5 Å². The molecule has 2 nitrogen and oxygen atoms in total. The third-order valence-electron chi connectivity index (χ3n) is 15.1. The number of fused-ring (bicyclic) bond motifs is 9. The molecule has 1 aromatic heterocycles. The number of benzene rings is 10. The highest BCUT2D eigenvalue weighted by molar-refractivity contribution is 6.06. The topological polar surface area (TPSA) is 16.4 Å². The predicted molar refractivity (Wildman–Crippen MR) is 285 cm³/mol. The molecule has 68 heavy (non-hydrogen) atoms. The first-order valence-electron chi connectivity index (χ1n) is 23.8. The van der Waals surface area contributed by atoms with E-state index in [2.05, 4.69) is 245 Å². The van der Waals surface area contributed by atoms with Crippen LogP contribution in [0, 0.1) is 0 Å². The lowest BCUT2D eigenvalue weighted by molar-refractivity contribution is 0.660. The first-order chi connectivity index (χ1) is 33.2. The summed E-state index contributed by atoms with van der Waals surface area (Å²) in [6.07, 6.45) is 0. The molecule has 10 aromatic carbocycles. The first kappa shape index (κ1) is 40.1. The van der Waals surface area contributed by atoms with E-state index in [4.69, 9.17) is 4.42 Å². The minimum absolute atomic E-state index is 0.198. The fourth-order valence-electron chi connectivity index (χ4n) is 11.5. The molecule has 2 aliphatic rings. The van der Waals surface area contributed by atoms with Crippen LogP contribution in [0.3, 0.4) is 0 Å². The van der Waals surface area contributed by atoms with Crippen LogP contribution in [-0.4, -0.2) is 0 Å². The van der Waals surface area contributed by atoms with E-state index in [9.17, 15) is 0 Å². The molecule has 11 aromatic rings. The second kappa shape index (κ2) is 15.2. The van der Waals surface area contributed by atoms with Crippen molar-refractivity contribution in [2.75, 3.05) is 4.90 Å². The van der Waals surface area contributed by atoms with Crippen molar-refractivity contribution in [3.63, 3.8) is 0 Å². The summed E-state index contributed by atoms with van der Waals surface area (Å²) < 4.78 is 6.33. The minimum atomic E-state index is -0.241. The maximum atomic E-state index is 6.33. The van der Waals surface area contributed by atoms with Gasteiger partial charge >= 0.3 is 0 Å². The van der Waals surface area contributed by atoms with Crippen LogP contribution in [0.5, 0.6) is 0 Å². The van der Waals surface area contributed by atoms with E-state index < -0.39 is 0 Å². The molecule has 0 spiro atoms. The third kappa shape index (κ3) is 6.25. The molecule has 0 unspecified atom stereocenters. The molecule has 0 aliphatic heterocycles. The summed E-state index contributed by atoms with van der Waals surface area (Å²) in [6.45, 7) is 9.54. The summed E-state index contributed by atoms with van der Waals surface area (Å²) in [6, 6.07) is 82.6. The lowest BCUT2D eigenvalue weighted by atomic mass is 9.81. The molecule has 2 aliphatic carbocycles. The molecule has 0 N–H and O–H groups in total. The number of nitrogens with zero attached hydrogens (tertiary/aromatic N) is 1. The van der Waals surface area contributed by atoms with Crippen LogP contribution in [0.2, 0.25) is 0 Å². The summed E-state index contributed by atoms with van der Waals surface area (Å²) in [4.78, 5) is 2.47. The lowest BCUT2D eigenvalue weighted by Crippen LogP contribution is -2.18. The fourth-order valence-corrected chi connectivity index (χ4v) is 11.5. The molecule has 0 saturated heterocycles. The van der Waals surface area contributed by atoms with Crippen LogP contribution in [0.25, 0.3) is 88.7 Å². The molecule has 0 fully saturated rings. The SMILES string of the molecule is CC1(C)c2cc(-c3ccccc3)ccc2-c2ccc(N(c3ccc(-c4ccccc4-c4ccccc4)cc3)c3ccc4c(c3)C(C)(C)c3cc(-c5ccc6c(c5)oc5ccccc56)ccc3-4)cc21. The second-order valence-corrected chi connectivity index (χ2v) is 19.7. The zero-order valence-corrected chi connectivity index (χ0v) is 38.7. The van der Waals surface area contributed by atoms with Crippen LogP contribution < -0.4 is 4.90 Å². The quantitative estimate of drug-likeness (QED) is 0.159. The molecule has 0 atom stereocenters. The Morgan fingerprint density at radius 1 is 0.279 bits per heavy atom. The van der Waals surface area contributed by atoms with Crippen molar-refractivity contribution in [1.29, 1.82) is 0 Å². The molecule has 1 heterocycles. The molecule has 324 valence electrons. The molecule has 0 amide bonds. The van der Waals surface area contributed by atoms with Crippen molar-refractivity contribution < 1.29 is 4.42 Å². The number of anilines is 3. The van der Waals surface area contributed by atoms with Gasteiger partial charge in [0.05, 0.1) is 0 Å². The standard InChI is InChI=1S/C66H49NO/c1-65(2)59-37-45(42-15-7-5-8-16-42)25-32-53(59)55-35-30-49(40-61(55)65)67(48-28-23-44(24-29-48)52-20-12-11-19-51(52)43-17-9-6-10-18-43)50-31-36-56-54-33-26-46(38-60(54)66(3,4)62(56)41-50)47-27-34-58-57-21-13-14-22-63(57)68-64(58)39-47/h5-41H,1-4H3. The Labute approximate surface area is 398 Å². The maximum Gasteiger partial charge on any atom is 0.136 e. The summed E-state index contributed by atoms with van der Waals surface area (Å²) in [7, 11) is 0. The Balaban J connectivity index is 0.914. The Morgan fingerprint density at radius 3 is 1.26 bits per heavy atom. The van der Waals surface area contributed by atoms with Crippen molar-refractivity contribution in [3.05, 3.63) is 247 Å². The van der Waals surface area contributed by atoms with Crippen molar-refractivity contribution >= 4 is 39.0 Å². The average Bonchev–Trinajstić information content (AvgIpc) is 3.95. The van der Waals surface area contributed by atoms with E-state index in [1.165, 1.54) is 83.5 Å². The molecule has 0 radical (unpaired) electrons. The van der Waals surface area contributed by atoms with Gasteiger partial charge in [0.2, 0.25) is 0 Å². The van der Waals surface area contributed by atoms with E-state index in [0.717, 1.165) is 44.6 Å².